The van der Waals surface area contributed by atoms with Crippen LogP contribution in [0.25, 0.3) is 0 Å². The highest BCUT2D eigenvalue weighted by Crippen LogP contribution is 2.21. The Labute approximate surface area is 185 Å². The molecule has 0 amide bonds. The number of carbonyl (C=O) groups is 2. The van der Waals surface area contributed by atoms with E-state index in [4.69, 9.17) is 21.1 Å². The lowest BCUT2D eigenvalue weighted by atomic mass is 10.0. The zero-order valence-corrected chi connectivity index (χ0v) is 19.1. The molecule has 0 aliphatic carbocycles. The van der Waals surface area contributed by atoms with Gasteiger partial charge < -0.3 is 9.47 Å². The van der Waals surface area contributed by atoms with Gasteiger partial charge in [-0.2, -0.15) is 0 Å². The first-order valence-corrected chi connectivity index (χ1v) is 12.2. The largest absolute Gasteiger partial charge is 0.465 e. The quantitative estimate of drug-likeness (QED) is 0.397. The zero-order valence-electron chi connectivity index (χ0n) is 16.7. The second-order valence-corrected chi connectivity index (χ2v) is 9.48. The molecule has 0 radical (unpaired) electrons. The van der Waals surface area contributed by atoms with Crippen LogP contribution in [0.5, 0.6) is 0 Å². The van der Waals surface area contributed by atoms with E-state index in [0.29, 0.717) is 11.4 Å². The minimum atomic E-state index is -3.62. The molecule has 0 saturated carbocycles. The van der Waals surface area contributed by atoms with E-state index in [-0.39, 0.29) is 31.1 Å². The molecule has 30 heavy (non-hydrogen) atoms. The van der Waals surface area contributed by atoms with Crippen molar-refractivity contribution in [1.29, 1.82) is 0 Å². The molecule has 2 aromatic rings. The maximum atomic E-state index is 12.3. The Morgan fingerprint density at radius 2 is 1.70 bits per heavy atom. The standard InChI is InChI=1S/C20H24ClNO6S2/c1-3-27-19(23)18(20(24)28-4-2)12-16-11-14(13-29-16)9-10-22-30(25,26)17-7-5-15(21)6-8-17/h5-8,11,13,18,22H,3-4,9-10,12H2,1-2H3. The highest BCUT2D eigenvalue weighted by molar-refractivity contribution is 7.89. The normalized spacial score (nSPS) is 11.5. The number of sulfonamides is 1. The fraction of sp³-hybridized carbons (Fsp3) is 0.400. The summed E-state index contributed by atoms with van der Waals surface area (Å²) in [6.45, 7) is 3.92. The van der Waals surface area contributed by atoms with Crippen LogP contribution in [-0.2, 0) is 41.9 Å². The lowest BCUT2D eigenvalue weighted by Crippen LogP contribution is -2.29. The van der Waals surface area contributed by atoms with E-state index >= 15 is 0 Å². The van der Waals surface area contributed by atoms with Crippen molar-refractivity contribution in [2.45, 2.75) is 31.6 Å². The van der Waals surface area contributed by atoms with E-state index in [1.807, 2.05) is 11.4 Å². The molecular weight excluding hydrogens is 450 g/mol. The molecule has 0 saturated heterocycles. The number of halogens is 1. The van der Waals surface area contributed by atoms with Crippen molar-refractivity contribution in [3.8, 4) is 0 Å². The Hall–Kier alpha value is -1.94. The molecule has 0 aliphatic rings. The number of nitrogens with one attached hydrogen (secondary N) is 1. The summed E-state index contributed by atoms with van der Waals surface area (Å²) in [5, 5.41) is 2.34. The van der Waals surface area contributed by atoms with Crippen LogP contribution in [0.15, 0.2) is 40.6 Å². The predicted molar refractivity (Wildman–Crippen MR) is 115 cm³/mol. The van der Waals surface area contributed by atoms with Crippen molar-refractivity contribution in [2.24, 2.45) is 5.92 Å². The lowest BCUT2D eigenvalue weighted by Gasteiger charge is -2.13. The summed E-state index contributed by atoms with van der Waals surface area (Å²) in [4.78, 5) is 25.2. The Bertz CT molecular complexity index is 938. The van der Waals surface area contributed by atoms with Crippen molar-refractivity contribution in [3.63, 3.8) is 0 Å². The number of thiophene rings is 1. The van der Waals surface area contributed by atoms with Crippen molar-refractivity contribution >= 4 is 44.9 Å². The number of ether oxygens (including phenoxy) is 2. The second kappa shape index (κ2) is 11.5. The number of hydrogen-bond donors (Lipinski definition) is 1. The number of benzene rings is 1. The maximum Gasteiger partial charge on any atom is 0.320 e. The first kappa shape index (κ1) is 24.3. The SMILES string of the molecule is CCOC(=O)C(Cc1cc(CCNS(=O)(=O)c2ccc(Cl)cc2)cs1)C(=O)OCC. The van der Waals surface area contributed by atoms with Crippen LogP contribution >= 0.6 is 22.9 Å². The van der Waals surface area contributed by atoms with Gasteiger partial charge in [-0.15, -0.1) is 11.3 Å². The third-order valence-corrected chi connectivity index (χ3v) is 6.82. The molecule has 0 spiro atoms. The Balaban J connectivity index is 1.95. The molecule has 7 nitrogen and oxygen atoms in total. The average molecular weight is 474 g/mol. The molecule has 0 aliphatic heterocycles. The topological polar surface area (TPSA) is 98.8 Å². The minimum Gasteiger partial charge on any atom is -0.465 e. The van der Waals surface area contributed by atoms with Gasteiger partial charge in [-0.3, -0.25) is 9.59 Å². The van der Waals surface area contributed by atoms with E-state index in [1.165, 1.54) is 35.6 Å². The lowest BCUT2D eigenvalue weighted by molar-refractivity contribution is -0.161. The molecule has 0 atom stereocenters. The zero-order chi connectivity index (χ0) is 22.1. The summed E-state index contributed by atoms with van der Waals surface area (Å²) in [6.07, 6.45) is 0.644. The van der Waals surface area contributed by atoms with Gasteiger partial charge in [0.1, 0.15) is 0 Å². The molecule has 1 aromatic carbocycles. The van der Waals surface area contributed by atoms with Crippen LogP contribution in [0, 0.1) is 5.92 Å². The van der Waals surface area contributed by atoms with Crippen LogP contribution < -0.4 is 4.72 Å². The third-order valence-electron chi connectivity index (χ3n) is 4.09. The van der Waals surface area contributed by atoms with Crippen LogP contribution in [0.1, 0.15) is 24.3 Å². The van der Waals surface area contributed by atoms with Gasteiger partial charge in [0.25, 0.3) is 0 Å². The summed E-state index contributed by atoms with van der Waals surface area (Å²) in [5.41, 5.74) is 0.903. The molecule has 1 N–H and O–H groups in total. The van der Waals surface area contributed by atoms with E-state index in [2.05, 4.69) is 4.72 Å². The van der Waals surface area contributed by atoms with Gasteiger partial charge in [0, 0.05) is 22.9 Å². The van der Waals surface area contributed by atoms with Gasteiger partial charge in [-0.25, -0.2) is 13.1 Å². The Morgan fingerprint density at radius 1 is 1.10 bits per heavy atom. The number of esters is 2. The van der Waals surface area contributed by atoms with E-state index in [0.717, 1.165) is 10.4 Å². The average Bonchev–Trinajstić information content (AvgIpc) is 3.14. The molecule has 164 valence electrons. The van der Waals surface area contributed by atoms with E-state index in [9.17, 15) is 18.0 Å². The van der Waals surface area contributed by atoms with Crippen molar-refractivity contribution in [3.05, 3.63) is 51.2 Å². The van der Waals surface area contributed by atoms with Crippen molar-refractivity contribution < 1.29 is 27.5 Å². The first-order valence-electron chi connectivity index (χ1n) is 9.41. The third kappa shape index (κ3) is 7.09. The van der Waals surface area contributed by atoms with E-state index < -0.39 is 27.9 Å². The number of carbonyl (C=O) groups excluding carboxylic acids is 2. The molecule has 10 heteroatoms. The van der Waals surface area contributed by atoms with Gasteiger partial charge in [-0.05, 0) is 61.5 Å². The summed E-state index contributed by atoms with van der Waals surface area (Å²) < 4.78 is 37.1. The van der Waals surface area contributed by atoms with E-state index in [1.54, 1.807) is 13.8 Å². The van der Waals surface area contributed by atoms with Gasteiger partial charge in [0.15, 0.2) is 5.92 Å². The maximum absolute atomic E-state index is 12.3. The first-order chi connectivity index (χ1) is 14.3. The minimum absolute atomic E-state index is 0.143. The van der Waals surface area contributed by atoms with Crippen LogP contribution in [0.2, 0.25) is 5.02 Å². The Kier molecular flexibility index (Phi) is 9.29. The Morgan fingerprint density at radius 3 is 2.27 bits per heavy atom. The fourth-order valence-electron chi connectivity index (χ4n) is 2.64. The highest BCUT2D eigenvalue weighted by Gasteiger charge is 2.30. The van der Waals surface area contributed by atoms with Crippen LogP contribution in [0.4, 0.5) is 0 Å². The molecule has 0 fully saturated rings. The predicted octanol–water partition coefficient (Wildman–Crippen LogP) is 3.21. The van der Waals surface area contributed by atoms with Crippen molar-refractivity contribution in [1.82, 2.24) is 4.72 Å². The van der Waals surface area contributed by atoms with Gasteiger partial charge in [0.05, 0.1) is 18.1 Å². The smallest absolute Gasteiger partial charge is 0.320 e. The molecule has 2 rings (SSSR count). The highest BCUT2D eigenvalue weighted by atomic mass is 35.5. The summed E-state index contributed by atoms with van der Waals surface area (Å²) >= 11 is 7.18. The molecular formula is C20H24ClNO6S2. The van der Waals surface area contributed by atoms with Crippen molar-refractivity contribution in [2.75, 3.05) is 19.8 Å². The van der Waals surface area contributed by atoms with Gasteiger partial charge in [0.2, 0.25) is 10.0 Å². The van der Waals surface area contributed by atoms with Crippen LogP contribution in [-0.4, -0.2) is 40.1 Å². The monoisotopic (exact) mass is 473 g/mol. The fourth-order valence-corrected chi connectivity index (χ4v) is 4.77. The molecule has 0 unspecified atom stereocenters. The molecule has 0 bridgehead atoms. The molecule has 1 aromatic heterocycles. The summed E-state index contributed by atoms with van der Waals surface area (Å²) in [7, 11) is -3.62. The van der Waals surface area contributed by atoms with Gasteiger partial charge >= 0.3 is 11.9 Å². The second-order valence-electron chi connectivity index (χ2n) is 6.28. The van der Waals surface area contributed by atoms with Crippen LogP contribution in [0.3, 0.4) is 0 Å². The summed E-state index contributed by atoms with van der Waals surface area (Å²) in [6, 6.07) is 7.78. The summed E-state index contributed by atoms with van der Waals surface area (Å²) in [5.74, 6) is -2.23. The van der Waals surface area contributed by atoms with Gasteiger partial charge in [-0.1, -0.05) is 11.6 Å². The number of hydrogen-bond acceptors (Lipinski definition) is 7. The number of rotatable bonds is 11. The molecule has 1 heterocycles.